The molecule has 0 saturated heterocycles. The molecule has 1 heterocycles. The van der Waals surface area contributed by atoms with Crippen LogP contribution in [0.1, 0.15) is 17.3 Å². The first-order chi connectivity index (χ1) is 12.5. The molecule has 0 aliphatic carbocycles. The summed E-state index contributed by atoms with van der Waals surface area (Å²) >= 11 is 7.15. The number of benzene rings is 2. The van der Waals surface area contributed by atoms with Crippen LogP contribution in [-0.2, 0) is 16.1 Å². The van der Waals surface area contributed by atoms with Gasteiger partial charge in [-0.25, -0.2) is 4.39 Å². The van der Waals surface area contributed by atoms with Crippen LogP contribution in [0.2, 0.25) is 5.02 Å². The van der Waals surface area contributed by atoms with Crippen LogP contribution in [-0.4, -0.2) is 23.1 Å². The fraction of sp³-hybridized carbons (Fsp3) is 0.167. The van der Waals surface area contributed by atoms with Crippen molar-refractivity contribution in [2.45, 2.75) is 13.5 Å². The van der Waals surface area contributed by atoms with Crippen LogP contribution >= 0.6 is 22.9 Å². The zero-order chi connectivity index (χ0) is 18.7. The molecular weight excluding hydrogens is 379 g/mol. The molecule has 2 aromatic carbocycles. The smallest absolute Gasteiger partial charge is 0.326 e. The van der Waals surface area contributed by atoms with Gasteiger partial charge in [-0.3, -0.25) is 9.59 Å². The van der Waals surface area contributed by atoms with E-state index in [2.05, 4.69) is 4.99 Å². The van der Waals surface area contributed by atoms with E-state index >= 15 is 0 Å². The summed E-state index contributed by atoms with van der Waals surface area (Å²) in [6, 6.07) is 11.1. The Morgan fingerprint density at radius 2 is 2.00 bits per heavy atom. The Hall–Kier alpha value is -2.51. The molecule has 0 spiro atoms. The normalized spacial score (nSPS) is 11.7. The number of para-hydroxylation sites is 1. The first-order valence-electron chi connectivity index (χ1n) is 7.78. The molecular formula is C18H14ClFN2O3S. The highest BCUT2D eigenvalue weighted by Gasteiger charge is 2.16. The van der Waals surface area contributed by atoms with Crippen LogP contribution in [0.3, 0.4) is 0 Å². The van der Waals surface area contributed by atoms with Crippen LogP contribution in [0.5, 0.6) is 0 Å². The van der Waals surface area contributed by atoms with Crippen molar-refractivity contribution in [3.8, 4) is 0 Å². The van der Waals surface area contributed by atoms with Crippen molar-refractivity contribution in [1.82, 2.24) is 4.57 Å². The van der Waals surface area contributed by atoms with Crippen molar-refractivity contribution in [1.29, 1.82) is 0 Å². The van der Waals surface area contributed by atoms with Crippen molar-refractivity contribution in [2.24, 2.45) is 4.99 Å². The van der Waals surface area contributed by atoms with Crippen LogP contribution in [0.15, 0.2) is 47.5 Å². The van der Waals surface area contributed by atoms with Crippen molar-refractivity contribution < 1.29 is 18.7 Å². The van der Waals surface area contributed by atoms with Crippen molar-refractivity contribution in [3.05, 3.63) is 63.7 Å². The minimum atomic E-state index is -0.569. The second kappa shape index (κ2) is 7.80. The maximum Gasteiger partial charge on any atom is 0.326 e. The number of aromatic nitrogens is 1. The van der Waals surface area contributed by atoms with Gasteiger partial charge in [0.1, 0.15) is 12.4 Å². The summed E-state index contributed by atoms with van der Waals surface area (Å²) in [6.45, 7) is 1.64. The molecule has 0 fully saturated rings. The lowest BCUT2D eigenvalue weighted by Crippen LogP contribution is -2.23. The summed E-state index contributed by atoms with van der Waals surface area (Å²) in [4.78, 5) is 28.7. The number of carbonyl (C=O) groups is 2. The van der Waals surface area contributed by atoms with E-state index in [4.69, 9.17) is 16.3 Å². The molecule has 0 aliphatic heterocycles. The molecule has 1 aromatic heterocycles. The van der Waals surface area contributed by atoms with Crippen LogP contribution in [0.25, 0.3) is 10.2 Å². The highest BCUT2D eigenvalue weighted by molar-refractivity contribution is 7.16. The molecule has 0 aliphatic rings. The van der Waals surface area contributed by atoms with Gasteiger partial charge >= 0.3 is 5.97 Å². The van der Waals surface area contributed by atoms with Gasteiger partial charge in [-0.2, -0.15) is 4.99 Å². The summed E-state index contributed by atoms with van der Waals surface area (Å²) in [5.74, 6) is -1.61. The number of hydrogen-bond donors (Lipinski definition) is 0. The third-order valence-corrected chi connectivity index (χ3v) is 4.92. The Morgan fingerprint density at radius 1 is 1.23 bits per heavy atom. The largest absolute Gasteiger partial charge is 0.465 e. The Morgan fingerprint density at radius 3 is 2.73 bits per heavy atom. The van der Waals surface area contributed by atoms with Crippen LogP contribution in [0.4, 0.5) is 4.39 Å². The molecule has 3 aromatic rings. The average molecular weight is 393 g/mol. The van der Waals surface area contributed by atoms with Gasteiger partial charge < -0.3 is 9.30 Å². The number of ether oxygens (including phenoxy) is 1. The third-order valence-electron chi connectivity index (χ3n) is 3.55. The molecule has 26 heavy (non-hydrogen) atoms. The molecule has 134 valence electrons. The SMILES string of the molecule is CCOC(=O)Cn1c(=NC(=O)c2ccccc2Cl)sc2cccc(F)c21. The first kappa shape index (κ1) is 18.3. The average Bonchev–Trinajstić information content (AvgIpc) is 2.94. The number of esters is 1. The maximum absolute atomic E-state index is 14.3. The molecule has 3 rings (SSSR count). The number of rotatable bonds is 4. The molecule has 0 unspecified atom stereocenters. The number of fused-ring (bicyclic) bond motifs is 1. The summed E-state index contributed by atoms with van der Waals surface area (Å²) in [6.07, 6.45) is 0. The molecule has 1 amide bonds. The lowest BCUT2D eigenvalue weighted by atomic mass is 10.2. The van der Waals surface area contributed by atoms with Gasteiger partial charge in [-0.05, 0) is 31.2 Å². The number of nitrogens with zero attached hydrogens (tertiary/aromatic N) is 2. The van der Waals surface area contributed by atoms with Crippen LogP contribution in [0, 0.1) is 5.82 Å². The van der Waals surface area contributed by atoms with Gasteiger partial charge in [-0.1, -0.05) is 41.1 Å². The molecule has 0 radical (unpaired) electrons. The Bertz CT molecular complexity index is 1060. The number of hydrogen-bond acceptors (Lipinski definition) is 4. The number of amides is 1. The molecule has 0 N–H and O–H groups in total. The van der Waals surface area contributed by atoms with E-state index in [1.807, 2.05) is 0 Å². The minimum absolute atomic E-state index is 0.197. The zero-order valence-electron chi connectivity index (χ0n) is 13.7. The van der Waals surface area contributed by atoms with Crippen molar-refractivity contribution in [3.63, 3.8) is 0 Å². The van der Waals surface area contributed by atoms with Crippen molar-refractivity contribution in [2.75, 3.05) is 6.61 Å². The maximum atomic E-state index is 14.3. The second-order valence-electron chi connectivity index (χ2n) is 5.26. The predicted molar refractivity (Wildman–Crippen MR) is 97.8 cm³/mol. The fourth-order valence-corrected chi connectivity index (χ4v) is 3.70. The lowest BCUT2D eigenvalue weighted by Gasteiger charge is -2.05. The Balaban J connectivity index is 2.15. The van der Waals surface area contributed by atoms with Gasteiger partial charge in [0.05, 0.1) is 27.4 Å². The number of carbonyl (C=O) groups excluding carboxylic acids is 2. The quantitative estimate of drug-likeness (QED) is 0.634. The highest BCUT2D eigenvalue weighted by atomic mass is 35.5. The van der Waals surface area contributed by atoms with Crippen molar-refractivity contribution >= 4 is 45.0 Å². The van der Waals surface area contributed by atoms with E-state index in [0.29, 0.717) is 4.70 Å². The predicted octanol–water partition coefficient (Wildman–Crippen LogP) is 3.80. The van der Waals surface area contributed by atoms with Gasteiger partial charge in [0.2, 0.25) is 0 Å². The summed E-state index contributed by atoms with van der Waals surface area (Å²) in [5, 5.41) is 0.269. The van der Waals surface area contributed by atoms with Gasteiger partial charge in [-0.15, -0.1) is 0 Å². The zero-order valence-corrected chi connectivity index (χ0v) is 15.3. The fourth-order valence-electron chi connectivity index (χ4n) is 2.44. The Kier molecular flexibility index (Phi) is 5.49. The molecule has 0 bridgehead atoms. The van der Waals surface area contributed by atoms with E-state index in [1.54, 1.807) is 43.3 Å². The third kappa shape index (κ3) is 3.68. The van der Waals surface area contributed by atoms with Crippen LogP contribution < -0.4 is 4.80 Å². The monoisotopic (exact) mass is 392 g/mol. The topological polar surface area (TPSA) is 60.7 Å². The van der Waals surface area contributed by atoms with E-state index in [0.717, 1.165) is 11.3 Å². The summed E-state index contributed by atoms with van der Waals surface area (Å²) < 4.78 is 21.2. The van der Waals surface area contributed by atoms with E-state index in [9.17, 15) is 14.0 Å². The Labute approximate surface area is 157 Å². The van der Waals surface area contributed by atoms with Gasteiger partial charge in [0.25, 0.3) is 5.91 Å². The summed E-state index contributed by atoms with van der Waals surface area (Å²) in [5.41, 5.74) is 0.436. The number of thiazole rings is 1. The number of halogens is 2. The molecule has 5 nitrogen and oxygen atoms in total. The van der Waals surface area contributed by atoms with Gasteiger partial charge in [0, 0.05) is 0 Å². The molecule has 8 heteroatoms. The molecule has 0 atom stereocenters. The van der Waals surface area contributed by atoms with E-state index in [1.165, 1.54) is 10.6 Å². The van der Waals surface area contributed by atoms with E-state index < -0.39 is 17.7 Å². The van der Waals surface area contributed by atoms with E-state index in [-0.39, 0.29) is 34.1 Å². The first-order valence-corrected chi connectivity index (χ1v) is 8.97. The lowest BCUT2D eigenvalue weighted by molar-refractivity contribution is -0.143. The summed E-state index contributed by atoms with van der Waals surface area (Å²) in [7, 11) is 0. The molecule has 0 saturated carbocycles. The standard InChI is InChI=1S/C18H14ClFN2O3S/c1-2-25-15(23)10-22-16-13(20)8-5-9-14(16)26-18(22)21-17(24)11-6-3-4-7-12(11)19/h3-9H,2,10H2,1H3. The minimum Gasteiger partial charge on any atom is -0.465 e. The second-order valence-corrected chi connectivity index (χ2v) is 6.68. The van der Waals surface area contributed by atoms with Gasteiger partial charge in [0.15, 0.2) is 4.80 Å². The highest BCUT2D eigenvalue weighted by Crippen LogP contribution is 2.21.